The fraction of sp³-hybridized carbons (Fsp3) is 0.562. The van der Waals surface area contributed by atoms with Crippen molar-refractivity contribution in [3.8, 4) is 0 Å². The Kier molecular flexibility index (Phi) is 8.15. The van der Waals surface area contributed by atoms with Gasteiger partial charge in [-0.2, -0.15) is 0 Å². The smallest absolute Gasteiger partial charge is 0.119 e. The summed E-state index contributed by atoms with van der Waals surface area (Å²) >= 11 is 0. The lowest BCUT2D eigenvalue weighted by molar-refractivity contribution is -0.107. The molecule has 0 aliphatic heterocycles. The van der Waals surface area contributed by atoms with E-state index in [2.05, 4.69) is 0 Å². The van der Waals surface area contributed by atoms with E-state index in [0.29, 0.717) is 6.42 Å². The number of carbonyl (C=O) groups is 1. The molecule has 0 fully saturated rings. The zero-order valence-corrected chi connectivity index (χ0v) is 11.1. The molecule has 0 saturated carbocycles. The molecule has 0 radical (unpaired) electrons. The molecule has 1 rings (SSSR count). The number of aldehydes is 1. The fourth-order valence-electron chi connectivity index (χ4n) is 2.11. The zero-order valence-electron chi connectivity index (χ0n) is 11.1. The second-order valence-electron chi connectivity index (χ2n) is 4.79. The molecule has 0 aliphatic rings. The second kappa shape index (κ2) is 9.84. The van der Waals surface area contributed by atoms with Crippen LogP contribution >= 0.6 is 0 Å². The quantitative estimate of drug-likeness (QED) is 0.501. The molecule has 0 aliphatic carbocycles. The Bertz CT molecular complexity index is 308. The van der Waals surface area contributed by atoms with Gasteiger partial charge in [0.05, 0.1) is 6.10 Å². The molecule has 2 heteroatoms. The topological polar surface area (TPSA) is 37.3 Å². The molecule has 1 atom stereocenters. The molecular formula is C16H24O2. The van der Waals surface area contributed by atoms with Gasteiger partial charge in [0.2, 0.25) is 0 Å². The molecule has 1 N–H and O–H groups in total. The number of aliphatic hydroxyl groups excluding tert-OH is 1. The first-order valence-corrected chi connectivity index (χ1v) is 7.01. The van der Waals surface area contributed by atoms with Crippen LogP contribution in [0.4, 0.5) is 0 Å². The maximum absolute atomic E-state index is 10.1. The highest BCUT2D eigenvalue weighted by Gasteiger charge is 2.05. The normalized spacial score (nSPS) is 12.3. The van der Waals surface area contributed by atoms with Crippen molar-refractivity contribution in [3.63, 3.8) is 0 Å². The molecule has 1 unspecified atom stereocenters. The minimum Gasteiger partial charge on any atom is -0.388 e. The van der Waals surface area contributed by atoms with Gasteiger partial charge >= 0.3 is 0 Å². The lowest BCUT2D eigenvalue weighted by atomic mass is 10.0. The Labute approximate surface area is 110 Å². The van der Waals surface area contributed by atoms with E-state index in [9.17, 15) is 9.90 Å². The lowest BCUT2D eigenvalue weighted by Gasteiger charge is -2.10. The molecule has 100 valence electrons. The fourth-order valence-corrected chi connectivity index (χ4v) is 2.11. The van der Waals surface area contributed by atoms with Crippen LogP contribution in [-0.4, -0.2) is 11.4 Å². The Balaban J connectivity index is 1.99. The summed E-state index contributed by atoms with van der Waals surface area (Å²) in [7, 11) is 0. The van der Waals surface area contributed by atoms with Gasteiger partial charge in [0.25, 0.3) is 0 Å². The van der Waals surface area contributed by atoms with Gasteiger partial charge in [-0.3, -0.25) is 0 Å². The van der Waals surface area contributed by atoms with Crippen molar-refractivity contribution in [2.75, 3.05) is 0 Å². The number of hydrogen-bond donors (Lipinski definition) is 1. The van der Waals surface area contributed by atoms with Crippen molar-refractivity contribution in [2.45, 2.75) is 57.5 Å². The van der Waals surface area contributed by atoms with Crippen molar-refractivity contribution < 1.29 is 9.90 Å². The maximum Gasteiger partial charge on any atom is 0.119 e. The van der Waals surface area contributed by atoms with Gasteiger partial charge in [0.15, 0.2) is 0 Å². The molecule has 0 aromatic heterocycles. The summed E-state index contributed by atoms with van der Waals surface area (Å²) in [5.74, 6) is 0. The Hall–Kier alpha value is -1.15. The van der Waals surface area contributed by atoms with Gasteiger partial charge in [-0.25, -0.2) is 0 Å². The number of hydrogen-bond acceptors (Lipinski definition) is 2. The third kappa shape index (κ3) is 6.55. The molecule has 1 aromatic rings. The Morgan fingerprint density at radius 1 is 0.944 bits per heavy atom. The molecule has 0 saturated heterocycles. The van der Waals surface area contributed by atoms with Crippen LogP contribution in [0.5, 0.6) is 0 Å². The van der Waals surface area contributed by atoms with Crippen LogP contribution in [0.2, 0.25) is 0 Å². The van der Waals surface area contributed by atoms with Crippen LogP contribution in [0.15, 0.2) is 30.3 Å². The second-order valence-corrected chi connectivity index (χ2v) is 4.79. The average Bonchev–Trinajstić information content (AvgIpc) is 2.42. The van der Waals surface area contributed by atoms with Crippen LogP contribution in [0, 0.1) is 0 Å². The van der Waals surface area contributed by atoms with Crippen molar-refractivity contribution in [2.24, 2.45) is 0 Å². The number of benzene rings is 1. The van der Waals surface area contributed by atoms with Crippen LogP contribution in [0.25, 0.3) is 0 Å². The van der Waals surface area contributed by atoms with Gasteiger partial charge in [-0.05, 0) is 18.4 Å². The molecule has 0 amide bonds. The summed E-state index contributed by atoms with van der Waals surface area (Å²) < 4.78 is 0. The lowest BCUT2D eigenvalue weighted by Crippen LogP contribution is -1.96. The SMILES string of the molecule is O=CCCCCCCCCC(O)c1ccccc1. The van der Waals surface area contributed by atoms with Gasteiger partial charge in [-0.1, -0.05) is 62.4 Å². The summed E-state index contributed by atoms with van der Waals surface area (Å²) in [6.45, 7) is 0. The molecule has 0 heterocycles. The molecule has 0 spiro atoms. The van der Waals surface area contributed by atoms with Crippen molar-refractivity contribution in [3.05, 3.63) is 35.9 Å². The minimum atomic E-state index is -0.318. The standard InChI is InChI=1S/C16H24O2/c17-14-10-5-3-1-2-4-9-13-16(18)15-11-7-6-8-12-15/h6-8,11-12,14,16,18H,1-5,9-10,13H2. The van der Waals surface area contributed by atoms with E-state index in [4.69, 9.17) is 0 Å². The van der Waals surface area contributed by atoms with E-state index in [0.717, 1.165) is 37.5 Å². The molecule has 1 aromatic carbocycles. The number of rotatable bonds is 10. The number of carbonyl (C=O) groups excluding carboxylic acids is 1. The van der Waals surface area contributed by atoms with E-state index >= 15 is 0 Å². The minimum absolute atomic E-state index is 0.318. The van der Waals surface area contributed by atoms with Gasteiger partial charge in [0.1, 0.15) is 6.29 Å². The van der Waals surface area contributed by atoms with Gasteiger partial charge in [0, 0.05) is 6.42 Å². The van der Waals surface area contributed by atoms with Crippen molar-refractivity contribution in [1.29, 1.82) is 0 Å². The van der Waals surface area contributed by atoms with Crippen molar-refractivity contribution >= 4 is 6.29 Å². The van der Waals surface area contributed by atoms with Crippen LogP contribution in [0.1, 0.15) is 63.0 Å². The van der Waals surface area contributed by atoms with Crippen LogP contribution in [0.3, 0.4) is 0 Å². The molecule has 2 nitrogen and oxygen atoms in total. The third-order valence-electron chi connectivity index (χ3n) is 3.23. The van der Waals surface area contributed by atoms with Gasteiger partial charge in [-0.15, -0.1) is 0 Å². The van der Waals surface area contributed by atoms with E-state index in [-0.39, 0.29) is 6.10 Å². The zero-order chi connectivity index (χ0) is 13.1. The summed E-state index contributed by atoms with van der Waals surface area (Å²) in [4.78, 5) is 10.1. The molecule has 18 heavy (non-hydrogen) atoms. The Morgan fingerprint density at radius 2 is 1.56 bits per heavy atom. The van der Waals surface area contributed by atoms with Crippen molar-refractivity contribution in [1.82, 2.24) is 0 Å². The largest absolute Gasteiger partial charge is 0.388 e. The third-order valence-corrected chi connectivity index (χ3v) is 3.23. The van der Waals surface area contributed by atoms with E-state index < -0.39 is 0 Å². The summed E-state index contributed by atoms with van der Waals surface area (Å²) in [6.07, 6.45) is 9.06. The first-order chi connectivity index (χ1) is 8.84. The highest BCUT2D eigenvalue weighted by molar-refractivity contribution is 5.48. The summed E-state index contributed by atoms with van der Waals surface area (Å²) in [5.41, 5.74) is 1.02. The van der Waals surface area contributed by atoms with Crippen LogP contribution in [-0.2, 0) is 4.79 Å². The average molecular weight is 248 g/mol. The Morgan fingerprint density at radius 3 is 2.22 bits per heavy atom. The molecule has 0 bridgehead atoms. The highest BCUT2D eigenvalue weighted by Crippen LogP contribution is 2.19. The highest BCUT2D eigenvalue weighted by atomic mass is 16.3. The first kappa shape index (κ1) is 14.9. The van der Waals surface area contributed by atoms with Gasteiger partial charge < -0.3 is 9.90 Å². The van der Waals surface area contributed by atoms with E-state index in [1.165, 1.54) is 19.3 Å². The molecular weight excluding hydrogens is 224 g/mol. The maximum atomic E-state index is 10.1. The summed E-state index contributed by atoms with van der Waals surface area (Å²) in [6, 6.07) is 9.85. The summed E-state index contributed by atoms with van der Waals surface area (Å²) in [5, 5.41) is 9.95. The predicted octanol–water partition coefficient (Wildman–Crippen LogP) is 4.04. The monoisotopic (exact) mass is 248 g/mol. The number of aliphatic hydroxyl groups is 1. The van der Waals surface area contributed by atoms with E-state index in [1.54, 1.807) is 0 Å². The van der Waals surface area contributed by atoms with E-state index in [1.807, 2.05) is 30.3 Å². The van der Waals surface area contributed by atoms with Crippen LogP contribution < -0.4 is 0 Å². The first-order valence-electron chi connectivity index (χ1n) is 7.01. The predicted molar refractivity (Wildman–Crippen MR) is 74.4 cm³/mol. The number of unbranched alkanes of at least 4 members (excludes halogenated alkanes) is 6.